The number of ketones is 1. The van der Waals surface area contributed by atoms with Crippen LogP contribution in [-0.4, -0.2) is 44.3 Å². The number of aromatic amines is 1. The van der Waals surface area contributed by atoms with Gasteiger partial charge < -0.3 is 34.4 Å². The number of allylic oxidation sites excluding steroid dienone is 1. The maximum absolute atomic E-state index is 12.8. The second-order valence-electron chi connectivity index (χ2n) is 7.96. The van der Waals surface area contributed by atoms with Crippen molar-refractivity contribution in [2.75, 3.05) is 33.8 Å². The van der Waals surface area contributed by atoms with Gasteiger partial charge in [-0.1, -0.05) is 30.4 Å². The summed E-state index contributed by atoms with van der Waals surface area (Å²) in [5.41, 5.74) is 3.28. The van der Waals surface area contributed by atoms with Crippen molar-refractivity contribution in [1.82, 2.24) is 4.98 Å². The Labute approximate surface area is 214 Å². The standard InChI is InChI=1S/C29H28N2O6/c1-34-24-12-11-19(10-9-18-15-25(35-2)29(37-4)26(16-18)36-3)27(28(24)33)30-14-13-23(32)21-17-31-22-8-6-5-7-20(21)22/h5-17,30-31,33H,1-4H3. The normalized spacial score (nSPS) is 11.2. The van der Waals surface area contributed by atoms with Crippen LogP contribution in [0, 0.1) is 0 Å². The van der Waals surface area contributed by atoms with Crippen LogP contribution in [0.25, 0.3) is 23.1 Å². The minimum atomic E-state index is -0.179. The van der Waals surface area contributed by atoms with E-state index < -0.39 is 0 Å². The average Bonchev–Trinajstić information content (AvgIpc) is 3.36. The summed E-state index contributed by atoms with van der Waals surface area (Å²) in [6, 6.07) is 14.7. The van der Waals surface area contributed by atoms with Gasteiger partial charge in [-0.3, -0.25) is 4.79 Å². The number of H-pyrrole nitrogens is 1. The molecule has 37 heavy (non-hydrogen) atoms. The predicted octanol–water partition coefficient (Wildman–Crippen LogP) is 5.89. The van der Waals surface area contributed by atoms with Crippen molar-refractivity contribution in [3.8, 4) is 28.7 Å². The number of nitrogens with one attached hydrogen (secondary N) is 2. The zero-order valence-corrected chi connectivity index (χ0v) is 21.0. The minimum Gasteiger partial charge on any atom is -0.503 e. The van der Waals surface area contributed by atoms with Gasteiger partial charge in [0.2, 0.25) is 5.75 Å². The van der Waals surface area contributed by atoms with E-state index in [2.05, 4.69) is 10.3 Å². The molecule has 4 aromatic rings. The predicted molar refractivity (Wildman–Crippen MR) is 145 cm³/mol. The number of aromatic hydroxyl groups is 1. The van der Waals surface area contributed by atoms with Crippen molar-refractivity contribution < 1.29 is 28.8 Å². The molecule has 0 aliphatic heterocycles. The number of aromatic nitrogens is 1. The van der Waals surface area contributed by atoms with Crippen LogP contribution < -0.4 is 24.3 Å². The lowest BCUT2D eigenvalue weighted by Crippen LogP contribution is -1.98. The molecule has 1 heterocycles. The van der Waals surface area contributed by atoms with Gasteiger partial charge in [-0.05, 0) is 35.9 Å². The lowest BCUT2D eigenvalue weighted by Gasteiger charge is -2.13. The Morgan fingerprint density at radius 2 is 1.59 bits per heavy atom. The molecule has 8 heteroatoms. The molecular weight excluding hydrogens is 472 g/mol. The van der Waals surface area contributed by atoms with Crippen LogP contribution in [0.15, 0.2) is 67.0 Å². The molecule has 4 rings (SSSR count). The van der Waals surface area contributed by atoms with E-state index in [1.807, 2.05) is 48.6 Å². The SMILES string of the molecule is COc1ccc(C=Cc2cc(OC)c(OC)c(OC)c2)c(NC=CC(=O)c2c[nH]c3ccccc23)c1O. The van der Waals surface area contributed by atoms with Gasteiger partial charge in [-0.15, -0.1) is 0 Å². The monoisotopic (exact) mass is 500 g/mol. The summed E-state index contributed by atoms with van der Waals surface area (Å²) in [5, 5.41) is 14.7. The Balaban J connectivity index is 1.63. The summed E-state index contributed by atoms with van der Waals surface area (Å²) in [5.74, 6) is 1.58. The number of para-hydroxylation sites is 1. The van der Waals surface area contributed by atoms with Crippen LogP contribution in [-0.2, 0) is 0 Å². The second kappa shape index (κ2) is 11.3. The Kier molecular flexibility index (Phi) is 7.68. The largest absolute Gasteiger partial charge is 0.503 e. The molecule has 190 valence electrons. The summed E-state index contributed by atoms with van der Waals surface area (Å²) in [6.07, 6.45) is 8.26. The number of carbonyl (C=O) groups is 1. The number of phenolic OH excluding ortho intramolecular Hbond substituents is 1. The number of ether oxygens (including phenoxy) is 4. The Bertz CT molecular complexity index is 1460. The molecule has 3 N–H and O–H groups in total. The molecule has 0 unspecified atom stereocenters. The molecule has 0 saturated carbocycles. The third-order valence-corrected chi connectivity index (χ3v) is 5.85. The van der Waals surface area contributed by atoms with Crippen LogP contribution in [0.4, 0.5) is 5.69 Å². The number of hydrogen-bond donors (Lipinski definition) is 3. The molecule has 3 aromatic carbocycles. The van der Waals surface area contributed by atoms with Crippen molar-refractivity contribution in [3.63, 3.8) is 0 Å². The fourth-order valence-corrected chi connectivity index (χ4v) is 3.99. The molecule has 8 nitrogen and oxygen atoms in total. The van der Waals surface area contributed by atoms with Gasteiger partial charge in [0.25, 0.3) is 0 Å². The van der Waals surface area contributed by atoms with Gasteiger partial charge >= 0.3 is 0 Å². The van der Waals surface area contributed by atoms with Crippen LogP contribution in [0.1, 0.15) is 21.5 Å². The number of benzene rings is 3. The van der Waals surface area contributed by atoms with E-state index in [0.717, 1.165) is 16.5 Å². The summed E-state index contributed by atoms with van der Waals surface area (Å²) in [6.45, 7) is 0. The lowest BCUT2D eigenvalue weighted by atomic mass is 10.1. The summed E-state index contributed by atoms with van der Waals surface area (Å²) < 4.78 is 21.5. The van der Waals surface area contributed by atoms with Gasteiger partial charge in [0, 0.05) is 40.5 Å². The Morgan fingerprint density at radius 1 is 0.892 bits per heavy atom. The molecule has 0 aliphatic rings. The van der Waals surface area contributed by atoms with E-state index in [4.69, 9.17) is 18.9 Å². The first-order chi connectivity index (χ1) is 18.0. The zero-order chi connectivity index (χ0) is 26.4. The van der Waals surface area contributed by atoms with Crippen molar-refractivity contribution in [3.05, 3.63) is 83.7 Å². The topological polar surface area (TPSA) is 102 Å². The quantitative estimate of drug-likeness (QED) is 0.108. The number of rotatable bonds is 10. The third-order valence-electron chi connectivity index (χ3n) is 5.85. The first-order valence-corrected chi connectivity index (χ1v) is 11.4. The number of hydrogen-bond acceptors (Lipinski definition) is 7. The molecule has 0 saturated heterocycles. The van der Waals surface area contributed by atoms with E-state index in [0.29, 0.717) is 39.8 Å². The molecule has 0 amide bonds. The summed E-state index contributed by atoms with van der Waals surface area (Å²) in [7, 11) is 6.13. The second-order valence-corrected chi connectivity index (χ2v) is 7.96. The van der Waals surface area contributed by atoms with Crippen molar-refractivity contribution in [2.45, 2.75) is 0 Å². The molecule has 0 atom stereocenters. The fraction of sp³-hybridized carbons (Fsp3) is 0.138. The van der Waals surface area contributed by atoms with Gasteiger partial charge in [0.15, 0.2) is 28.8 Å². The molecule has 0 bridgehead atoms. The van der Waals surface area contributed by atoms with Crippen molar-refractivity contribution in [2.24, 2.45) is 0 Å². The van der Waals surface area contributed by atoms with Crippen molar-refractivity contribution in [1.29, 1.82) is 0 Å². The molecule has 0 radical (unpaired) electrons. The number of methoxy groups -OCH3 is 4. The van der Waals surface area contributed by atoms with E-state index in [1.165, 1.54) is 19.4 Å². The zero-order valence-electron chi connectivity index (χ0n) is 21.0. The maximum Gasteiger partial charge on any atom is 0.203 e. The highest BCUT2D eigenvalue weighted by atomic mass is 16.5. The van der Waals surface area contributed by atoms with Gasteiger partial charge in [0.1, 0.15) is 0 Å². The molecule has 0 aliphatic carbocycles. The smallest absolute Gasteiger partial charge is 0.203 e. The van der Waals surface area contributed by atoms with Gasteiger partial charge in [0.05, 0.1) is 34.1 Å². The summed E-state index contributed by atoms with van der Waals surface area (Å²) in [4.78, 5) is 15.9. The van der Waals surface area contributed by atoms with E-state index in [-0.39, 0.29) is 11.5 Å². The Hall–Kier alpha value is -4.85. The third kappa shape index (κ3) is 5.23. The number of phenols is 1. The van der Waals surface area contributed by atoms with Gasteiger partial charge in [-0.25, -0.2) is 0 Å². The summed E-state index contributed by atoms with van der Waals surface area (Å²) >= 11 is 0. The Morgan fingerprint density at radius 3 is 2.27 bits per heavy atom. The van der Waals surface area contributed by atoms with E-state index >= 15 is 0 Å². The first kappa shape index (κ1) is 25.2. The van der Waals surface area contributed by atoms with E-state index in [1.54, 1.807) is 39.7 Å². The highest BCUT2D eigenvalue weighted by molar-refractivity contribution is 6.13. The fourth-order valence-electron chi connectivity index (χ4n) is 3.99. The van der Waals surface area contributed by atoms with E-state index in [9.17, 15) is 9.90 Å². The van der Waals surface area contributed by atoms with Crippen LogP contribution in [0.3, 0.4) is 0 Å². The van der Waals surface area contributed by atoms with Crippen LogP contribution >= 0.6 is 0 Å². The average molecular weight is 501 g/mol. The van der Waals surface area contributed by atoms with Crippen LogP contribution in [0.5, 0.6) is 28.7 Å². The maximum atomic E-state index is 12.8. The number of carbonyl (C=O) groups excluding carboxylic acids is 1. The van der Waals surface area contributed by atoms with Crippen LogP contribution in [0.2, 0.25) is 0 Å². The minimum absolute atomic E-state index is 0.0845. The highest BCUT2D eigenvalue weighted by Crippen LogP contribution is 2.40. The first-order valence-electron chi connectivity index (χ1n) is 11.4. The molecule has 0 fully saturated rings. The number of fused-ring (bicyclic) bond motifs is 1. The lowest BCUT2D eigenvalue weighted by molar-refractivity contribution is 0.104. The number of anilines is 1. The highest BCUT2D eigenvalue weighted by Gasteiger charge is 2.14. The molecule has 0 spiro atoms. The molecular formula is C29H28N2O6. The van der Waals surface area contributed by atoms with Gasteiger partial charge in [-0.2, -0.15) is 0 Å². The van der Waals surface area contributed by atoms with Crippen molar-refractivity contribution >= 4 is 34.5 Å². The molecule has 1 aromatic heterocycles.